The van der Waals surface area contributed by atoms with Crippen LogP contribution in [-0.2, 0) is 34.0 Å². The predicted molar refractivity (Wildman–Crippen MR) is 135 cm³/mol. The summed E-state index contributed by atoms with van der Waals surface area (Å²) in [5, 5.41) is 0. The van der Waals surface area contributed by atoms with Gasteiger partial charge in [-0.3, -0.25) is 0 Å². The van der Waals surface area contributed by atoms with Gasteiger partial charge in [0.15, 0.2) is 12.1 Å². The molecule has 2 fully saturated rings. The van der Waals surface area contributed by atoms with Gasteiger partial charge in [-0.2, -0.15) is 0 Å². The quantitative estimate of drug-likeness (QED) is 0.419. The normalized spacial score (nSPS) is 27.5. The lowest BCUT2D eigenvalue weighted by atomic mass is 9.80. The lowest BCUT2D eigenvalue weighted by Gasteiger charge is -2.43. The minimum atomic E-state index is -0.863. The van der Waals surface area contributed by atoms with Crippen LogP contribution in [0.1, 0.15) is 30.5 Å². The van der Waals surface area contributed by atoms with Crippen molar-refractivity contribution in [2.75, 3.05) is 20.8 Å². The monoisotopic (exact) mass is 490 g/mol. The van der Waals surface area contributed by atoms with E-state index in [4.69, 9.17) is 28.4 Å². The summed E-state index contributed by atoms with van der Waals surface area (Å²) < 4.78 is 37.3. The van der Waals surface area contributed by atoms with Crippen molar-refractivity contribution in [3.8, 4) is 0 Å². The molecule has 0 amide bonds. The van der Waals surface area contributed by atoms with Crippen LogP contribution in [0.2, 0.25) is 0 Å². The highest BCUT2D eigenvalue weighted by Gasteiger charge is 2.56. The molecule has 5 rings (SSSR count). The van der Waals surface area contributed by atoms with E-state index in [-0.39, 0.29) is 18.8 Å². The zero-order chi connectivity index (χ0) is 25.2. The molecular weight excluding hydrogens is 456 g/mol. The highest BCUT2D eigenvalue weighted by Crippen LogP contribution is 2.43. The predicted octanol–water partition coefficient (Wildman–Crippen LogP) is 4.90. The summed E-state index contributed by atoms with van der Waals surface area (Å²) in [4.78, 5) is 0. The van der Waals surface area contributed by atoms with Crippen LogP contribution in [0.4, 0.5) is 0 Å². The standard InChI is InChI=1S/C30H34O6/c1-29(2)35-25-24(34-28(32-4)27(31-3)26(25)36-29)20-33-30(21-14-8-5-9-15-21,22-16-10-6-11-17-22)23-18-12-7-13-19-23/h5-19,24-28H,20H2,1-4H3/t24-,25-,26-,27-,28+/m1/s1. The Labute approximate surface area is 213 Å². The third-order valence-electron chi connectivity index (χ3n) is 6.94. The van der Waals surface area contributed by atoms with Gasteiger partial charge in [0.05, 0.1) is 6.61 Å². The smallest absolute Gasteiger partial charge is 0.186 e. The Balaban J connectivity index is 1.55. The summed E-state index contributed by atoms with van der Waals surface area (Å²) in [6, 6.07) is 30.8. The summed E-state index contributed by atoms with van der Waals surface area (Å²) in [7, 11) is 3.24. The minimum Gasteiger partial charge on any atom is -0.373 e. The molecule has 0 aliphatic carbocycles. The molecule has 0 N–H and O–H groups in total. The van der Waals surface area contributed by atoms with E-state index in [0.717, 1.165) is 16.7 Å². The molecule has 0 bridgehead atoms. The number of rotatable bonds is 8. The summed E-state index contributed by atoms with van der Waals surface area (Å²) in [5.41, 5.74) is 2.21. The molecule has 2 saturated heterocycles. The molecular formula is C30H34O6. The lowest BCUT2D eigenvalue weighted by molar-refractivity contribution is -0.284. The van der Waals surface area contributed by atoms with Crippen LogP contribution in [0.25, 0.3) is 0 Å². The van der Waals surface area contributed by atoms with Crippen LogP contribution in [-0.4, -0.2) is 57.3 Å². The van der Waals surface area contributed by atoms with Gasteiger partial charge < -0.3 is 28.4 Å². The number of benzene rings is 3. The van der Waals surface area contributed by atoms with E-state index in [1.54, 1.807) is 14.2 Å². The largest absolute Gasteiger partial charge is 0.373 e. The topological polar surface area (TPSA) is 55.4 Å². The molecule has 3 aromatic carbocycles. The molecule has 2 heterocycles. The van der Waals surface area contributed by atoms with Gasteiger partial charge in [0.25, 0.3) is 0 Å². The maximum absolute atomic E-state index is 7.01. The van der Waals surface area contributed by atoms with Crippen molar-refractivity contribution in [2.45, 2.75) is 55.9 Å². The van der Waals surface area contributed by atoms with Crippen molar-refractivity contribution >= 4 is 0 Å². The van der Waals surface area contributed by atoms with Crippen molar-refractivity contribution in [2.24, 2.45) is 0 Å². The molecule has 0 unspecified atom stereocenters. The fourth-order valence-corrected chi connectivity index (χ4v) is 5.39. The summed E-state index contributed by atoms with van der Waals surface area (Å²) in [6.07, 6.45) is -2.20. The molecule has 0 radical (unpaired) electrons. The maximum atomic E-state index is 7.01. The number of methoxy groups -OCH3 is 2. The van der Waals surface area contributed by atoms with Gasteiger partial charge in [-0.05, 0) is 30.5 Å². The second kappa shape index (κ2) is 10.4. The number of fused-ring (bicyclic) bond motifs is 1. The second-order valence-electron chi connectivity index (χ2n) is 9.63. The molecule has 2 aliphatic rings. The van der Waals surface area contributed by atoms with E-state index in [2.05, 4.69) is 36.4 Å². The van der Waals surface area contributed by atoms with E-state index in [1.165, 1.54) is 0 Å². The second-order valence-corrected chi connectivity index (χ2v) is 9.63. The Bertz CT molecular complexity index is 1010. The van der Waals surface area contributed by atoms with Crippen LogP contribution >= 0.6 is 0 Å². The molecule has 5 atom stereocenters. The molecule has 0 spiro atoms. The third kappa shape index (κ3) is 4.61. The number of hydrogen-bond donors (Lipinski definition) is 0. The average molecular weight is 491 g/mol. The van der Waals surface area contributed by atoms with Crippen LogP contribution in [0.15, 0.2) is 91.0 Å². The highest BCUT2D eigenvalue weighted by molar-refractivity contribution is 5.47. The van der Waals surface area contributed by atoms with Crippen molar-refractivity contribution in [3.05, 3.63) is 108 Å². The highest BCUT2D eigenvalue weighted by atomic mass is 16.8. The van der Waals surface area contributed by atoms with Crippen molar-refractivity contribution < 1.29 is 28.4 Å². The Morgan fingerprint density at radius 2 is 1.17 bits per heavy atom. The first-order valence-corrected chi connectivity index (χ1v) is 12.4. The lowest BCUT2D eigenvalue weighted by Crippen LogP contribution is -2.59. The zero-order valence-corrected chi connectivity index (χ0v) is 21.2. The fourth-order valence-electron chi connectivity index (χ4n) is 5.39. The molecule has 6 nitrogen and oxygen atoms in total. The van der Waals surface area contributed by atoms with Gasteiger partial charge >= 0.3 is 0 Å². The van der Waals surface area contributed by atoms with Crippen molar-refractivity contribution in [1.82, 2.24) is 0 Å². The summed E-state index contributed by atoms with van der Waals surface area (Å²) in [6.45, 7) is 4.05. The van der Waals surface area contributed by atoms with E-state index < -0.39 is 29.9 Å². The van der Waals surface area contributed by atoms with Crippen LogP contribution in [0.3, 0.4) is 0 Å². The summed E-state index contributed by atoms with van der Waals surface area (Å²) >= 11 is 0. The average Bonchev–Trinajstić information content (AvgIpc) is 3.25. The van der Waals surface area contributed by atoms with Gasteiger partial charge in [0.2, 0.25) is 0 Å². The van der Waals surface area contributed by atoms with E-state index in [0.29, 0.717) is 0 Å². The fraction of sp³-hybridized carbons (Fsp3) is 0.400. The summed E-state index contributed by atoms with van der Waals surface area (Å²) in [5.74, 6) is -0.772. The van der Waals surface area contributed by atoms with Gasteiger partial charge in [0, 0.05) is 14.2 Å². The minimum absolute atomic E-state index is 0.246. The van der Waals surface area contributed by atoms with Crippen LogP contribution in [0.5, 0.6) is 0 Å². The first-order valence-electron chi connectivity index (χ1n) is 12.4. The van der Waals surface area contributed by atoms with E-state index in [9.17, 15) is 0 Å². The first kappa shape index (κ1) is 25.1. The first-order chi connectivity index (χ1) is 17.5. The molecule has 190 valence electrons. The Hall–Kier alpha value is -2.58. The molecule has 3 aromatic rings. The SMILES string of the molecule is CO[C@H]1O[C@H](COC(c2ccccc2)(c2ccccc2)c2ccccc2)[C@H]2OC(C)(C)O[C@H]2[C@H]1OC. The van der Waals surface area contributed by atoms with Crippen LogP contribution < -0.4 is 0 Å². The third-order valence-corrected chi connectivity index (χ3v) is 6.94. The molecule has 2 aliphatic heterocycles. The Morgan fingerprint density at radius 3 is 1.61 bits per heavy atom. The molecule has 0 aromatic heterocycles. The maximum Gasteiger partial charge on any atom is 0.186 e. The zero-order valence-electron chi connectivity index (χ0n) is 21.2. The van der Waals surface area contributed by atoms with Gasteiger partial charge in [-0.1, -0.05) is 91.0 Å². The Morgan fingerprint density at radius 1 is 0.694 bits per heavy atom. The van der Waals surface area contributed by atoms with Gasteiger partial charge in [-0.15, -0.1) is 0 Å². The van der Waals surface area contributed by atoms with E-state index in [1.807, 2.05) is 68.4 Å². The molecule has 0 saturated carbocycles. The van der Waals surface area contributed by atoms with Crippen molar-refractivity contribution in [1.29, 1.82) is 0 Å². The Kier molecular flexibility index (Phi) is 7.26. The van der Waals surface area contributed by atoms with Crippen molar-refractivity contribution in [3.63, 3.8) is 0 Å². The molecule has 6 heteroatoms. The van der Waals surface area contributed by atoms with Gasteiger partial charge in [0.1, 0.15) is 30.0 Å². The number of ether oxygens (including phenoxy) is 6. The van der Waals surface area contributed by atoms with Crippen LogP contribution in [0, 0.1) is 0 Å². The number of hydrogen-bond acceptors (Lipinski definition) is 6. The van der Waals surface area contributed by atoms with E-state index >= 15 is 0 Å². The van der Waals surface area contributed by atoms with Gasteiger partial charge in [-0.25, -0.2) is 0 Å². The molecule has 36 heavy (non-hydrogen) atoms.